The van der Waals surface area contributed by atoms with Gasteiger partial charge in [-0.1, -0.05) is 116 Å². The van der Waals surface area contributed by atoms with Crippen molar-refractivity contribution in [1.82, 2.24) is 55.1 Å². The molecule has 1 aliphatic rings. The lowest BCUT2D eigenvalue weighted by Gasteiger charge is -2.41. The van der Waals surface area contributed by atoms with Crippen molar-refractivity contribution in [2.24, 2.45) is 47.2 Å². The van der Waals surface area contributed by atoms with E-state index in [1.54, 1.807) is 54.5 Å². The van der Waals surface area contributed by atoms with Crippen molar-refractivity contribution < 1.29 is 62.9 Å². The van der Waals surface area contributed by atoms with Crippen molar-refractivity contribution in [2.45, 2.75) is 235 Å². The number of carbonyl (C=O) groups is 10. The molecule has 0 spiro atoms. The van der Waals surface area contributed by atoms with Gasteiger partial charge in [-0.3, -0.25) is 52.8 Å². The number of allylic oxidation sites excluding steroid dienone is 2. The molecule has 1 aliphatic heterocycles. The molecule has 1 rings (SSSR count). The third kappa shape index (κ3) is 26.1. The molecule has 0 aromatic heterocycles. The highest BCUT2D eigenvalue weighted by molar-refractivity contribution is 8.00. The Hall–Kier alpha value is -5.41. The third-order valence-electron chi connectivity index (χ3n) is 18.2. The molecule has 10 amide bonds. The lowest BCUT2D eigenvalue weighted by Crippen LogP contribution is -2.64. The van der Waals surface area contributed by atoms with Crippen LogP contribution in [0, 0.1) is 41.4 Å². The summed E-state index contributed by atoms with van der Waals surface area (Å²) in [5.74, 6) is -7.81. The van der Waals surface area contributed by atoms with Crippen LogP contribution in [0.1, 0.15) is 163 Å². The zero-order valence-corrected chi connectivity index (χ0v) is 63.3. The van der Waals surface area contributed by atoms with Gasteiger partial charge in [0, 0.05) is 68.5 Å². The summed E-state index contributed by atoms with van der Waals surface area (Å²) < 4.78 is 5.56. The maximum atomic E-state index is 15.4. The second kappa shape index (κ2) is 42.4. The molecule has 1 saturated heterocycles. The molecule has 7 N–H and O–H groups in total. The Labute approximate surface area is 574 Å². The van der Waals surface area contributed by atoms with Gasteiger partial charge in [0.2, 0.25) is 53.2 Å². The van der Waals surface area contributed by atoms with E-state index < -0.39 is 155 Å². The molecule has 1 heterocycles. The van der Waals surface area contributed by atoms with Crippen LogP contribution < -0.4 is 21.7 Å². The first kappa shape index (κ1) is 87.6. The molecule has 95 heavy (non-hydrogen) atoms. The highest BCUT2D eigenvalue weighted by atomic mass is 32.2. The van der Waals surface area contributed by atoms with Gasteiger partial charge < -0.3 is 70.9 Å². The summed E-state index contributed by atoms with van der Waals surface area (Å²) in [5, 5.41) is 29.3. The number of morpholine rings is 1. The van der Waals surface area contributed by atoms with E-state index in [2.05, 4.69) is 20.9 Å². The summed E-state index contributed by atoms with van der Waals surface area (Å²) in [4.78, 5) is 158. The third-order valence-corrected chi connectivity index (χ3v) is 19.5. The summed E-state index contributed by atoms with van der Waals surface area (Å²) >= 11 is 1.20. The number of nitrogens with zero attached hydrogens (tertiary/aromatic N) is 8. The van der Waals surface area contributed by atoms with E-state index in [9.17, 15) is 34.2 Å². The minimum Gasteiger partial charge on any atom is -0.394 e. The molecule has 0 bridgehead atoms. The van der Waals surface area contributed by atoms with Gasteiger partial charge in [-0.25, -0.2) is 0 Å². The van der Waals surface area contributed by atoms with Crippen molar-refractivity contribution in [2.75, 3.05) is 94.5 Å². The topological polar surface area (TPSA) is 308 Å². The van der Waals surface area contributed by atoms with Crippen LogP contribution in [-0.4, -0.2) is 275 Å². The molecule has 0 aliphatic carbocycles. The number of amides is 10. The number of hydrogen-bond acceptors (Lipinski definition) is 16. The Morgan fingerprint density at radius 1 is 0.537 bits per heavy atom. The van der Waals surface area contributed by atoms with Crippen molar-refractivity contribution in [1.29, 1.82) is 0 Å². The first-order valence-corrected chi connectivity index (χ1v) is 35.6. The Bertz CT molecular complexity index is 2480. The van der Waals surface area contributed by atoms with Crippen LogP contribution in [-0.2, 0) is 52.7 Å². The first-order valence-electron chi connectivity index (χ1n) is 34.6. The molecule has 26 heteroatoms. The molecule has 1 fully saturated rings. The number of thioether (sulfide) groups is 1. The van der Waals surface area contributed by atoms with E-state index in [-0.39, 0.29) is 37.2 Å². The summed E-state index contributed by atoms with van der Waals surface area (Å²) in [7, 11) is 10.3. The van der Waals surface area contributed by atoms with Gasteiger partial charge in [-0.15, -0.1) is 11.8 Å². The molecule has 0 saturated carbocycles. The van der Waals surface area contributed by atoms with Crippen LogP contribution in [0.4, 0.5) is 0 Å². The highest BCUT2D eigenvalue weighted by Gasteiger charge is 2.46. The molecule has 0 aromatic rings. The zero-order chi connectivity index (χ0) is 73.2. The lowest BCUT2D eigenvalue weighted by atomic mass is 9.91. The van der Waals surface area contributed by atoms with Gasteiger partial charge in [0.1, 0.15) is 48.3 Å². The van der Waals surface area contributed by atoms with E-state index in [1.165, 1.54) is 97.4 Å². The average Bonchev–Trinajstić information content (AvgIpc) is 0.810. The second-order valence-electron chi connectivity index (χ2n) is 28.4. The van der Waals surface area contributed by atoms with Gasteiger partial charge in [0.25, 0.3) is 5.91 Å². The Morgan fingerprint density at radius 3 is 1.47 bits per heavy atom. The number of likely N-dealkylation sites (N-methyl/N-ethyl adjacent to an activating group) is 7. The fourth-order valence-electron chi connectivity index (χ4n) is 11.9. The fraction of sp³-hybridized carbons (Fsp3) is 0.826. The number of hydrogen-bond donors (Lipinski definition) is 6. The Balaban J connectivity index is 4.00. The monoisotopic (exact) mass is 1360 g/mol. The average molecular weight is 1370 g/mol. The molecular weight excluding hydrogens is 1240 g/mol. The molecule has 0 aromatic carbocycles. The maximum Gasteiger partial charge on any atom is 0.256 e. The molecular formula is C69H128N12O13S. The normalized spacial score (nSPS) is 17.5. The van der Waals surface area contributed by atoms with E-state index >= 15 is 24.0 Å². The van der Waals surface area contributed by atoms with Gasteiger partial charge in [0.15, 0.2) is 5.37 Å². The van der Waals surface area contributed by atoms with Crippen molar-refractivity contribution in [3.63, 3.8) is 0 Å². The van der Waals surface area contributed by atoms with Gasteiger partial charge in [-0.2, -0.15) is 0 Å². The quantitative estimate of drug-likeness (QED) is 0.0288. The summed E-state index contributed by atoms with van der Waals surface area (Å²) in [6.45, 7) is 33.6. The minimum absolute atomic E-state index is 0.00162. The van der Waals surface area contributed by atoms with Crippen molar-refractivity contribution in [3.05, 3.63) is 12.2 Å². The van der Waals surface area contributed by atoms with Crippen LogP contribution >= 0.6 is 11.8 Å². The van der Waals surface area contributed by atoms with Gasteiger partial charge in [0.05, 0.1) is 32.0 Å². The largest absolute Gasteiger partial charge is 0.394 e. The molecule has 548 valence electrons. The number of aliphatic hydroxyl groups is 2. The van der Waals surface area contributed by atoms with E-state index in [1.807, 2.05) is 68.4 Å². The smallest absolute Gasteiger partial charge is 0.256 e. The van der Waals surface area contributed by atoms with Crippen molar-refractivity contribution >= 4 is 70.8 Å². The number of aliphatic hydroxyl groups excluding tert-OH is 2. The second-order valence-corrected chi connectivity index (χ2v) is 29.6. The van der Waals surface area contributed by atoms with Crippen LogP contribution in [0.5, 0.6) is 0 Å². The molecule has 25 nitrogen and oxygen atoms in total. The Morgan fingerprint density at radius 2 is 1.01 bits per heavy atom. The maximum absolute atomic E-state index is 15.4. The first-order chi connectivity index (χ1) is 44.2. The predicted molar refractivity (Wildman–Crippen MR) is 375 cm³/mol. The standard InChI is InChI=1S/C69H128N12O13S/c1-25-28-30-47(15)58(83)57(79(23)67(92)55(45(12)13)77(21)65(90)53(39-43(8)9)76(20)64(89)52(38-42(6)7)75(19)62(87)49(17)70)61(86)72-50(27-3)63(88)80(24)69(95-36-29-31-81-32-34-94-35-33-81)68(93)78(22)56(46(14)26-2)60(85)73-54(44(10)11)66(91)74(18)51(37-41(4)5)59(84)71-48(16)40-82/h25,28,41-58,69,82-83H,26-27,29-40,70H2,1-24H3,(H,71,84)(H,72,86)(H,73,85)/b28-25+/t46?,47-,48-,49-,50+,51+,52+,53+,54?,55+,56?,57+,58-,69-/m1/s1. The number of rotatable bonds is 41. The SMILES string of the molecule is C/C=C/C[C@@H](C)[C@@H](O)[C@@H](C(=O)N[C@@H](CC)C(=O)N(C)[C@H](SCCCN1CCOCC1)C(=O)N(C)C(C(=O)NC(C(=O)N(C)[C@@H](CC(C)C)C(=O)N[C@H](C)CO)C(C)C)C(C)CC)N(C)C(=O)[C@H](C(C)C)N(C)C(=O)[C@H](CC(C)C)N(C)C(=O)[C@H](CC(C)C)N(C)C(=O)[C@@H](C)N. The number of nitrogens with two attached hydrogens (primary N) is 1. The van der Waals surface area contributed by atoms with E-state index in [4.69, 9.17) is 10.5 Å². The van der Waals surface area contributed by atoms with Crippen LogP contribution in [0.25, 0.3) is 0 Å². The van der Waals surface area contributed by atoms with E-state index in [0.717, 1.165) is 18.0 Å². The van der Waals surface area contributed by atoms with Gasteiger partial charge >= 0.3 is 0 Å². The van der Waals surface area contributed by atoms with Gasteiger partial charge in [-0.05, 0) is 113 Å². The van der Waals surface area contributed by atoms with Crippen LogP contribution in [0.2, 0.25) is 0 Å². The van der Waals surface area contributed by atoms with E-state index in [0.29, 0.717) is 57.6 Å². The highest BCUT2D eigenvalue weighted by Crippen LogP contribution is 2.28. The predicted octanol–water partition coefficient (Wildman–Crippen LogP) is 3.87. The van der Waals surface area contributed by atoms with Crippen LogP contribution in [0.3, 0.4) is 0 Å². The number of ether oxygens (including phenoxy) is 1. The minimum atomic E-state index is -1.63. The summed E-state index contributed by atoms with van der Waals surface area (Å²) in [6.07, 6.45) is 4.25. The summed E-state index contributed by atoms with van der Waals surface area (Å²) in [5.41, 5.74) is 5.99. The molecule has 0 radical (unpaired) electrons. The van der Waals surface area contributed by atoms with Crippen molar-refractivity contribution in [3.8, 4) is 0 Å². The number of nitrogens with one attached hydrogen (secondary N) is 3. The molecule has 14 atom stereocenters. The number of carbonyl (C=O) groups excluding carboxylic acids is 10. The van der Waals surface area contributed by atoms with Crippen LogP contribution in [0.15, 0.2) is 12.2 Å². The fourth-order valence-corrected chi connectivity index (χ4v) is 13.1. The molecule has 3 unspecified atom stereocenters. The zero-order valence-electron chi connectivity index (χ0n) is 62.5. The Kier molecular flexibility index (Phi) is 39.1. The lowest BCUT2D eigenvalue weighted by molar-refractivity contribution is -0.157. The summed E-state index contributed by atoms with van der Waals surface area (Å²) in [6, 6.07) is -10.9.